The Morgan fingerprint density at radius 2 is 2.16 bits per heavy atom. The number of nitrogens with one attached hydrogen (secondary N) is 1. The van der Waals surface area contributed by atoms with Crippen molar-refractivity contribution in [1.29, 1.82) is 0 Å². The van der Waals surface area contributed by atoms with Gasteiger partial charge in [-0.3, -0.25) is 13.9 Å². The summed E-state index contributed by atoms with van der Waals surface area (Å²) in [4.78, 5) is 26.7. The number of thioether (sulfide) groups is 1. The van der Waals surface area contributed by atoms with Gasteiger partial charge in [0.25, 0.3) is 0 Å². The lowest BCUT2D eigenvalue weighted by atomic mass is 9.97. The molecule has 0 radical (unpaired) electrons. The molecule has 1 spiro atoms. The van der Waals surface area contributed by atoms with E-state index in [0.717, 1.165) is 49.6 Å². The van der Waals surface area contributed by atoms with E-state index in [1.165, 1.54) is 17.9 Å². The first-order valence-corrected chi connectivity index (χ1v) is 13.1. The highest BCUT2D eigenvalue weighted by Crippen LogP contribution is 2.41. The van der Waals surface area contributed by atoms with E-state index in [-0.39, 0.29) is 29.6 Å². The van der Waals surface area contributed by atoms with Crippen molar-refractivity contribution in [1.82, 2.24) is 5.32 Å². The molecule has 10 heteroatoms. The van der Waals surface area contributed by atoms with Crippen LogP contribution in [0.1, 0.15) is 26.2 Å². The fourth-order valence-corrected chi connectivity index (χ4v) is 7.97. The van der Waals surface area contributed by atoms with Gasteiger partial charge in [-0.15, -0.1) is 0 Å². The Balaban J connectivity index is 1.40. The summed E-state index contributed by atoms with van der Waals surface area (Å²) in [6.45, 7) is 3.35. The molecule has 3 saturated heterocycles. The number of benzene rings is 1. The minimum atomic E-state index is -0.756. The van der Waals surface area contributed by atoms with E-state index in [2.05, 4.69) is 5.32 Å². The molecular weight excluding hydrogens is 441 g/mol. The van der Waals surface area contributed by atoms with Crippen molar-refractivity contribution in [3.8, 4) is 0 Å². The quantitative estimate of drug-likeness (QED) is 0.730. The normalized spacial score (nSPS) is 25.9. The van der Waals surface area contributed by atoms with Gasteiger partial charge in [-0.1, -0.05) is 0 Å². The van der Waals surface area contributed by atoms with Gasteiger partial charge >= 0.3 is 6.09 Å². The number of halogens is 1. The van der Waals surface area contributed by atoms with Crippen LogP contribution >= 0.6 is 11.8 Å². The van der Waals surface area contributed by atoms with Gasteiger partial charge in [-0.2, -0.15) is 11.8 Å². The summed E-state index contributed by atoms with van der Waals surface area (Å²) in [5.74, 6) is 2.01. The standard InChI is InChI=1S/C21H28FN3O4S2/c1-15(26)23-12-17-13-25(20(27)29-17)16-3-4-19(18(22)11-16)24-7-5-21(6-8-24)14-31(28)10-2-9-30-21/h3-4,11,17H,2,5-10,12-14H2,1H3,(H,23,26)/t17-,31?/m0/s1. The van der Waals surface area contributed by atoms with Crippen LogP contribution in [0.25, 0.3) is 0 Å². The van der Waals surface area contributed by atoms with E-state index >= 15 is 0 Å². The first-order chi connectivity index (χ1) is 14.8. The first kappa shape index (κ1) is 22.4. The van der Waals surface area contributed by atoms with Crippen molar-refractivity contribution >= 4 is 45.9 Å². The Morgan fingerprint density at radius 3 is 2.87 bits per heavy atom. The van der Waals surface area contributed by atoms with Gasteiger partial charge in [-0.05, 0) is 43.2 Å². The van der Waals surface area contributed by atoms with Crippen LogP contribution in [0, 0.1) is 5.82 Å². The Labute approximate surface area is 188 Å². The van der Waals surface area contributed by atoms with Crippen LogP contribution in [-0.4, -0.2) is 70.5 Å². The van der Waals surface area contributed by atoms with Crippen LogP contribution in [-0.2, 0) is 20.3 Å². The second-order valence-corrected chi connectivity index (χ2v) is 11.5. The summed E-state index contributed by atoms with van der Waals surface area (Å²) < 4.78 is 32.5. The molecule has 0 aliphatic carbocycles. The predicted octanol–water partition coefficient (Wildman–Crippen LogP) is 2.51. The molecule has 4 rings (SSSR count). The van der Waals surface area contributed by atoms with Crippen molar-refractivity contribution < 1.29 is 22.9 Å². The van der Waals surface area contributed by atoms with Gasteiger partial charge in [0.05, 0.1) is 24.5 Å². The fourth-order valence-electron chi connectivity index (χ4n) is 4.38. The molecule has 3 aliphatic heterocycles. The Hall–Kier alpha value is -1.81. The summed E-state index contributed by atoms with van der Waals surface area (Å²) in [5.41, 5.74) is 0.973. The number of hydrogen-bond donors (Lipinski definition) is 1. The molecule has 0 aromatic heterocycles. The van der Waals surface area contributed by atoms with Crippen molar-refractivity contribution in [2.45, 2.75) is 37.0 Å². The van der Waals surface area contributed by atoms with Gasteiger partial charge in [0, 0.05) is 47.1 Å². The number of carbonyl (C=O) groups is 2. The molecule has 0 bridgehead atoms. The molecule has 1 aromatic carbocycles. The zero-order valence-electron chi connectivity index (χ0n) is 17.6. The van der Waals surface area contributed by atoms with Crippen LogP contribution in [0.3, 0.4) is 0 Å². The third-order valence-electron chi connectivity index (χ3n) is 6.06. The molecule has 1 unspecified atom stereocenters. The second kappa shape index (κ2) is 9.36. The zero-order chi connectivity index (χ0) is 22.0. The summed E-state index contributed by atoms with van der Waals surface area (Å²) in [7, 11) is -0.756. The Bertz CT molecular complexity index is 876. The molecule has 2 amide bonds. The van der Waals surface area contributed by atoms with Crippen molar-refractivity contribution in [2.24, 2.45) is 0 Å². The summed E-state index contributed by atoms with van der Waals surface area (Å²) in [6.07, 6.45) is 1.80. The molecule has 0 saturated carbocycles. The maximum Gasteiger partial charge on any atom is 0.414 e. The Kier molecular flexibility index (Phi) is 6.76. The number of anilines is 2. The van der Waals surface area contributed by atoms with E-state index in [1.54, 1.807) is 12.1 Å². The average Bonchev–Trinajstić information content (AvgIpc) is 3.01. The lowest BCUT2D eigenvalue weighted by Crippen LogP contribution is -2.45. The van der Waals surface area contributed by atoms with Crippen molar-refractivity contribution in [2.75, 3.05) is 53.2 Å². The molecule has 2 atom stereocenters. The maximum atomic E-state index is 15.0. The highest BCUT2D eigenvalue weighted by molar-refractivity contribution is 8.01. The highest BCUT2D eigenvalue weighted by atomic mass is 32.2. The lowest BCUT2D eigenvalue weighted by Gasteiger charge is -2.41. The molecular formula is C21H28FN3O4S2. The average molecular weight is 470 g/mol. The molecule has 3 fully saturated rings. The third-order valence-corrected chi connectivity index (χ3v) is 9.52. The van der Waals surface area contributed by atoms with Crippen LogP contribution in [0.2, 0.25) is 0 Å². The lowest BCUT2D eigenvalue weighted by molar-refractivity contribution is -0.119. The van der Waals surface area contributed by atoms with E-state index in [4.69, 9.17) is 4.74 Å². The minimum absolute atomic E-state index is 0.0521. The fraction of sp³-hybridized carbons (Fsp3) is 0.619. The molecule has 7 nitrogen and oxygen atoms in total. The summed E-state index contributed by atoms with van der Waals surface area (Å²) in [6, 6.07) is 4.83. The number of cyclic esters (lactones) is 1. The Morgan fingerprint density at radius 1 is 1.39 bits per heavy atom. The molecule has 170 valence electrons. The number of hydrogen-bond acceptors (Lipinski definition) is 6. The zero-order valence-corrected chi connectivity index (χ0v) is 19.2. The van der Waals surface area contributed by atoms with Gasteiger partial charge in [0.1, 0.15) is 11.9 Å². The highest BCUT2D eigenvalue weighted by Gasteiger charge is 2.38. The SMILES string of the molecule is CC(=O)NC[C@H]1CN(c2ccc(N3CCC4(CC3)CS(=O)CCCS4)c(F)c2)C(=O)O1. The van der Waals surface area contributed by atoms with E-state index in [1.807, 2.05) is 16.7 Å². The number of ether oxygens (including phenoxy) is 1. The molecule has 3 heterocycles. The summed E-state index contributed by atoms with van der Waals surface area (Å²) in [5, 5.41) is 2.63. The number of rotatable bonds is 4. The van der Waals surface area contributed by atoms with Crippen molar-refractivity contribution in [3.05, 3.63) is 24.0 Å². The number of piperidine rings is 1. The van der Waals surface area contributed by atoms with Crippen LogP contribution < -0.4 is 15.1 Å². The number of nitrogens with zero attached hydrogens (tertiary/aromatic N) is 2. The largest absolute Gasteiger partial charge is 0.442 e. The predicted molar refractivity (Wildman–Crippen MR) is 122 cm³/mol. The van der Waals surface area contributed by atoms with Gasteiger partial charge in [0.2, 0.25) is 5.91 Å². The van der Waals surface area contributed by atoms with Gasteiger partial charge in [0.15, 0.2) is 0 Å². The molecule has 3 aliphatic rings. The smallest absolute Gasteiger partial charge is 0.414 e. The van der Waals surface area contributed by atoms with Crippen LogP contribution in [0.4, 0.5) is 20.6 Å². The minimum Gasteiger partial charge on any atom is -0.442 e. The molecule has 1 N–H and O–H groups in total. The van der Waals surface area contributed by atoms with Gasteiger partial charge in [-0.25, -0.2) is 9.18 Å². The molecule has 1 aromatic rings. The summed E-state index contributed by atoms with van der Waals surface area (Å²) >= 11 is 1.94. The van der Waals surface area contributed by atoms with E-state index in [0.29, 0.717) is 11.4 Å². The first-order valence-electron chi connectivity index (χ1n) is 10.6. The number of amides is 2. The van der Waals surface area contributed by atoms with Crippen LogP contribution in [0.5, 0.6) is 0 Å². The molecule has 31 heavy (non-hydrogen) atoms. The van der Waals surface area contributed by atoms with Gasteiger partial charge < -0.3 is 15.0 Å². The van der Waals surface area contributed by atoms with Crippen LogP contribution in [0.15, 0.2) is 18.2 Å². The second-order valence-electron chi connectivity index (χ2n) is 8.35. The topological polar surface area (TPSA) is 79.0 Å². The third kappa shape index (κ3) is 5.16. The maximum absolute atomic E-state index is 15.0. The monoisotopic (exact) mass is 469 g/mol. The number of carbonyl (C=O) groups excluding carboxylic acids is 2. The van der Waals surface area contributed by atoms with Crippen molar-refractivity contribution in [3.63, 3.8) is 0 Å². The van der Waals surface area contributed by atoms with E-state index < -0.39 is 23.0 Å². The van der Waals surface area contributed by atoms with E-state index in [9.17, 15) is 18.2 Å².